The fourth-order valence-corrected chi connectivity index (χ4v) is 3.00. The maximum Gasteiger partial charge on any atom is 0.119 e. The summed E-state index contributed by atoms with van der Waals surface area (Å²) in [4.78, 5) is 0. The van der Waals surface area contributed by atoms with Gasteiger partial charge in [0.15, 0.2) is 0 Å². The van der Waals surface area contributed by atoms with Gasteiger partial charge < -0.3 is 10.1 Å². The van der Waals surface area contributed by atoms with Gasteiger partial charge in [0.25, 0.3) is 0 Å². The van der Waals surface area contributed by atoms with E-state index in [4.69, 9.17) is 27.9 Å². The Morgan fingerprint density at radius 2 is 1.76 bits per heavy atom. The summed E-state index contributed by atoms with van der Waals surface area (Å²) in [5.74, 6) is 0.857. The van der Waals surface area contributed by atoms with Crippen LogP contribution in [0.1, 0.15) is 29.7 Å². The van der Waals surface area contributed by atoms with Gasteiger partial charge in [-0.3, -0.25) is 0 Å². The van der Waals surface area contributed by atoms with Gasteiger partial charge in [0, 0.05) is 10.0 Å². The van der Waals surface area contributed by atoms with E-state index >= 15 is 0 Å². The third-order valence-corrected chi connectivity index (χ3v) is 3.85. The summed E-state index contributed by atoms with van der Waals surface area (Å²) in [7, 11) is 1.67. The first kappa shape index (κ1) is 16.2. The molecule has 4 heteroatoms. The highest BCUT2D eigenvalue weighted by molar-refractivity contribution is 6.34. The van der Waals surface area contributed by atoms with Crippen LogP contribution in [0.2, 0.25) is 10.0 Å². The summed E-state index contributed by atoms with van der Waals surface area (Å²) < 4.78 is 5.27. The van der Waals surface area contributed by atoms with Crippen LogP contribution in [0.15, 0.2) is 36.4 Å². The number of benzene rings is 2. The Labute approximate surface area is 136 Å². The molecule has 1 N–H and O–H groups in total. The number of rotatable bonds is 5. The fourth-order valence-electron chi connectivity index (χ4n) is 2.45. The second-order valence-electron chi connectivity index (χ2n) is 4.92. The molecule has 0 aliphatic heterocycles. The third kappa shape index (κ3) is 3.91. The molecule has 1 unspecified atom stereocenters. The largest absolute Gasteiger partial charge is 0.497 e. The molecule has 0 aromatic heterocycles. The molecule has 2 rings (SSSR count). The lowest BCUT2D eigenvalue weighted by atomic mass is 9.94. The van der Waals surface area contributed by atoms with Crippen LogP contribution < -0.4 is 10.1 Å². The van der Waals surface area contributed by atoms with Crippen LogP contribution in [-0.2, 0) is 0 Å². The highest BCUT2D eigenvalue weighted by Crippen LogP contribution is 2.31. The molecule has 0 saturated heterocycles. The first-order valence-corrected chi connectivity index (χ1v) is 7.64. The molecule has 0 amide bonds. The van der Waals surface area contributed by atoms with Gasteiger partial charge in [-0.2, -0.15) is 0 Å². The van der Waals surface area contributed by atoms with Crippen molar-refractivity contribution in [2.24, 2.45) is 0 Å². The summed E-state index contributed by atoms with van der Waals surface area (Å²) in [6.45, 7) is 5.01. The van der Waals surface area contributed by atoms with Crippen molar-refractivity contribution in [3.05, 3.63) is 63.1 Å². The van der Waals surface area contributed by atoms with Crippen molar-refractivity contribution < 1.29 is 4.74 Å². The van der Waals surface area contributed by atoms with Crippen LogP contribution in [0, 0.1) is 6.92 Å². The molecule has 0 saturated carbocycles. The molecule has 0 heterocycles. The normalized spacial score (nSPS) is 12.2. The molecule has 1 atom stereocenters. The molecule has 112 valence electrons. The van der Waals surface area contributed by atoms with E-state index in [0.29, 0.717) is 10.0 Å². The summed E-state index contributed by atoms with van der Waals surface area (Å²) >= 11 is 12.3. The van der Waals surface area contributed by atoms with Gasteiger partial charge in [0.05, 0.1) is 13.2 Å². The van der Waals surface area contributed by atoms with Crippen molar-refractivity contribution in [3.63, 3.8) is 0 Å². The molecule has 0 spiro atoms. The van der Waals surface area contributed by atoms with Gasteiger partial charge in [0.2, 0.25) is 0 Å². The molecule has 2 aromatic rings. The SMILES string of the molecule is CCNC(c1cc(Cl)cc(Cl)c1)c1ccc(OC)cc1C. The highest BCUT2D eigenvalue weighted by atomic mass is 35.5. The average molecular weight is 324 g/mol. The Balaban J connectivity index is 2.47. The van der Waals surface area contributed by atoms with Crippen molar-refractivity contribution in [2.45, 2.75) is 19.9 Å². The minimum absolute atomic E-state index is 0.0529. The smallest absolute Gasteiger partial charge is 0.119 e. The van der Waals surface area contributed by atoms with Crippen LogP contribution in [0.5, 0.6) is 5.75 Å². The minimum Gasteiger partial charge on any atom is -0.497 e. The monoisotopic (exact) mass is 323 g/mol. The second-order valence-corrected chi connectivity index (χ2v) is 5.79. The van der Waals surface area contributed by atoms with E-state index in [-0.39, 0.29) is 6.04 Å². The van der Waals surface area contributed by atoms with Crippen molar-refractivity contribution in [3.8, 4) is 5.75 Å². The molecule has 2 aromatic carbocycles. The van der Waals surface area contributed by atoms with E-state index in [0.717, 1.165) is 23.4 Å². The Bertz CT molecular complexity index is 608. The molecule has 0 radical (unpaired) electrons. The van der Waals surface area contributed by atoms with E-state index in [1.54, 1.807) is 13.2 Å². The number of aryl methyl sites for hydroxylation is 1. The number of methoxy groups -OCH3 is 1. The van der Waals surface area contributed by atoms with E-state index in [2.05, 4.69) is 25.2 Å². The number of nitrogens with one attached hydrogen (secondary N) is 1. The zero-order valence-electron chi connectivity index (χ0n) is 12.4. The van der Waals surface area contributed by atoms with Crippen molar-refractivity contribution >= 4 is 23.2 Å². The lowest BCUT2D eigenvalue weighted by Crippen LogP contribution is -2.22. The van der Waals surface area contributed by atoms with Gasteiger partial charge in [-0.25, -0.2) is 0 Å². The third-order valence-electron chi connectivity index (χ3n) is 3.41. The number of halogens is 2. The molecule has 2 nitrogen and oxygen atoms in total. The van der Waals surface area contributed by atoms with E-state index in [1.165, 1.54) is 5.56 Å². The Hall–Kier alpha value is -1.22. The predicted molar refractivity (Wildman–Crippen MR) is 89.7 cm³/mol. The lowest BCUT2D eigenvalue weighted by molar-refractivity contribution is 0.414. The first-order chi connectivity index (χ1) is 10.0. The van der Waals surface area contributed by atoms with Crippen molar-refractivity contribution in [2.75, 3.05) is 13.7 Å². The lowest BCUT2D eigenvalue weighted by Gasteiger charge is -2.22. The summed E-state index contributed by atoms with van der Waals surface area (Å²) in [6.07, 6.45) is 0. The quantitative estimate of drug-likeness (QED) is 0.835. The van der Waals surface area contributed by atoms with Crippen LogP contribution in [0.4, 0.5) is 0 Å². The number of ether oxygens (including phenoxy) is 1. The molecule has 0 aliphatic carbocycles. The summed E-state index contributed by atoms with van der Waals surface area (Å²) in [5.41, 5.74) is 3.41. The van der Waals surface area contributed by atoms with E-state index in [1.807, 2.05) is 24.3 Å². The van der Waals surface area contributed by atoms with Gasteiger partial charge >= 0.3 is 0 Å². The Kier molecular flexibility index (Phi) is 5.51. The molecule has 21 heavy (non-hydrogen) atoms. The maximum atomic E-state index is 6.14. The molecule has 0 fully saturated rings. The predicted octanol–water partition coefficient (Wildman–Crippen LogP) is 5.01. The summed E-state index contributed by atoms with van der Waals surface area (Å²) in [6, 6.07) is 11.8. The van der Waals surface area contributed by atoms with Crippen LogP contribution in [0.3, 0.4) is 0 Å². The van der Waals surface area contributed by atoms with Crippen molar-refractivity contribution in [1.29, 1.82) is 0 Å². The minimum atomic E-state index is 0.0529. The average Bonchev–Trinajstić information content (AvgIpc) is 2.44. The Morgan fingerprint density at radius 1 is 1.10 bits per heavy atom. The second kappa shape index (κ2) is 7.17. The molecule has 0 aliphatic rings. The van der Waals surface area contributed by atoms with E-state index < -0.39 is 0 Å². The number of hydrogen-bond acceptors (Lipinski definition) is 2. The van der Waals surface area contributed by atoms with E-state index in [9.17, 15) is 0 Å². The Morgan fingerprint density at radius 3 is 2.29 bits per heavy atom. The highest BCUT2D eigenvalue weighted by Gasteiger charge is 2.16. The standard InChI is InChI=1S/C17H19Cl2NO/c1-4-20-17(12-8-13(18)10-14(19)9-12)16-6-5-15(21-3)7-11(16)2/h5-10,17,20H,4H2,1-3H3. The molecular formula is C17H19Cl2NO. The fraction of sp³-hybridized carbons (Fsp3) is 0.294. The molecule has 0 bridgehead atoms. The van der Waals surface area contributed by atoms with Crippen LogP contribution in [-0.4, -0.2) is 13.7 Å². The van der Waals surface area contributed by atoms with Crippen LogP contribution >= 0.6 is 23.2 Å². The topological polar surface area (TPSA) is 21.3 Å². The summed E-state index contributed by atoms with van der Waals surface area (Å²) in [5, 5.41) is 4.78. The van der Waals surface area contributed by atoms with Gasteiger partial charge in [-0.1, -0.05) is 36.2 Å². The van der Waals surface area contributed by atoms with Gasteiger partial charge in [0.1, 0.15) is 5.75 Å². The molecular weight excluding hydrogens is 305 g/mol. The zero-order valence-corrected chi connectivity index (χ0v) is 13.9. The van der Waals surface area contributed by atoms with Crippen LogP contribution in [0.25, 0.3) is 0 Å². The van der Waals surface area contributed by atoms with Crippen molar-refractivity contribution in [1.82, 2.24) is 5.32 Å². The maximum absolute atomic E-state index is 6.14. The van der Waals surface area contributed by atoms with Gasteiger partial charge in [-0.05, 0) is 60.5 Å². The zero-order chi connectivity index (χ0) is 15.4. The van der Waals surface area contributed by atoms with Gasteiger partial charge in [-0.15, -0.1) is 0 Å². The first-order valence-electron chi connectivity index (χ1n) is 6.89. The number of hydrogen-bond donors (Lipinski definition) is 1.